The monoisotopic (exact) mass is 205 g/mol. The van der Waals surface area contributed by atoms with E-state index in [0.717, 1.165) is 26.2 Å². The Bertz CT molecular complexity index is 272. The summed E-state index contributed by atoms with van der Waals surface area (Å²) in [4.78, 5) is 4.51. The fourth-order valence-corrected chi connectivity index (χ4v) is 1.77. The van der Waals surface area contributed by atoms with E-state index in [-0.39, 0.29) is 0 Å². The first-order valence-electron chi connectivity index (χ1n) is 5.33. The molecule has 0 radical (unpaired) electrons. The second-order valence-corrected chi connectivity index (χ2v) is 4.00. The first-order valence-corrected chi connectivity index (χ1v) is 5.33. The van der Waals surface area contributed by atoms with Gasteiger partial charge in [-0.05, 0) is 0 Å². The van der Waals surface area contributed by atoms with Crippen LogP contribution in [0.4, 0.5) is 0 Å². The van der Waals surface area contributed by atoms with Crippen molar-refractivity contribution in [3.63, 3.8) is 0 Å². The summed E-state index contributed by atoms with van der Waals surface area (Å²) in [6, 6.07) is 4.30. The van der Waals surface area contributed by atoms with Crippen LogP contribution in [0.15, 0.2) is 0 Å². The number of nitrogens with zero attached hydrogens (tertiary/aromatic N) is 4. The van der Waals surface area contributed by atoms with Gasteiger partial charge in [0.15, 0.2) is 0 Å². The van der Waals surface area contributed by atoms with E-state index < -0.39 is 0 Å². The minimum absolute atomic E-state index is 0.468. The molecule has 0 spiro atoms. The van der Waals surface area contributed by atoms with E-state index in [1.165, 1.54) is 0 Å². The van der Waals surface area contributed by atoms with Gasteiger partial charge in [0.2, 0.25) is 0 Å². The molecular weight excluding hydrogens is 190 g/mol. The SMILES string of the molecule is N#CCCN1C[C@@H]1N[C@H]1CN1CCC#N. The number of nitriles is 2. The van der Waals surface area contributed by atoms with Crippen LogP contribution in [0.5, 0.6) is 0 Å². The summed E-state index contributed by atoms with van der Waals surface area (Å²) in [7, 11) is 0. The van der Waals surface area contributed by atoms with Crippen LogP contribution in [0.1, 0.15) is 12.8 Å². The Hall–Kier alpha value is -1.14. The third-order valence-electron chi connectivity index (χ3n) is 2.84. The van der Waals surface area contributed by atoms with E-state index in [0.29, 0.717) is 25.2 Å². The van der Waals surface area contributed by atoms with Crippen LogP contribution in [0.2, 0.25) is 0 Å². The van der Waals surface area contributed by atoms with Crippen molar-refractivity contribution in [1.82, 2.24) is 15.1 Å². The maximum atomic E-state index is 8.43. The summed E-state index contributed by atoms with van der Waals surface area (Å²) in [5, 5.41) is 20.3. The minimum Gasteiger partial charge on any atom is -0.284 e. The van der Waals surface area contributed by atoms with Gasteiger partial charge in [-0.25, -0.2) is 0 Å². The number of hydrogen-bond donors (Lipinski definition) is 1. The summed E-state index contributed by atoms with van der Waals surface area (Å²) in [6.45, 7) is 3.87. The van der Waals surface area contributed by atoms with Gasteiger partial charge in [-0.1, -0.05) is 0 Å². The maximum absolute atomic E-state index is 8.43. The number of hydrogen-bond acceptors (Lipinski definition) is 5. The third-order valence-corrected chi connectivity index (χ3v) is 2.84. The molecule has 15 heavy (non-hydrogen) atoms. The Balaban J connectivity index is 1.54. The van der Waals surface area contributed by atoms with Crippen molar-refractivity contribution in [2.24, 2.45) is 0 Å². The highest BCUT2D eigenvalue weighted by atomic mass is 15.5. The molecule has 0 bridgehead atoms. The Morgan fingerprint density at radius 2 is 1.47 bits per heavy atom. The molecule has 2 aliphatic rings. The number of rotatable bonds is 6. The van der Waals surface area contributed by atoms with Gasteiger partial charge in [0.1, 0.15) is 0 Å². The Morgan fingerprint density at radius 3 is 1.87 bits per heavy atom. The lowest BCUT2D eigenvalue weighted by molar-refractivity contribution is 0.415. The summed E-state index contributed by atoms with van der Waals surface area (Å²) < 4.78 is 0. The van der Waals surface area contributed by atoms with Crippen molar-refractivity contribution in [2.75, 3.05) is 26.2 Å². The fraction of sp³-hybridized carbons (Fsp3) is 0.800. The van der Waals surface area contributed by atoms with Crippen LogP contribution in [-0.4, -0.2) is 48.3 Å². The number of nitrogens with one attached hydrogen (secondary N) is 1. The van der Waals surface area contributed by atoms with Crippen LogP contribution in [0, 0.1) is 22.7 Å². The van der Waals surface area contributed by atoms with Crippen molar-refractivity contribution in [1.29, 1.82) is 10.5 Å². The summed E-state index contributed by atoms with van der Waals surface area (Å²) >= 11 is 0. The molecule has 2 heterocycles. The van der Waals surface area contributed by atoms with Gasteiger partial charge in [-0.15, -0.1) is 0 Å². The van der Waals surface area contributed by atoms with E-state index in [4.69, 9.17) is 10.5 Å². The van der Waals surface area contributed by atoms with Crippen molar-refractivity contribution < 1.29 is 0 Å². The lowest BCUT2D eigenvalue weighted by Crippen LogP contribution is -2.28. The van der Waals surface area contributed by atoms with Gasteiger partial charge in [-0.2, -0.15) is 10.5 Å². The van der Waals surface area contributed by atoms with E-state index >= 15 is 0 Å². The van der Waals surface area contributed by atoms with Crippen molar-refractivity contribution in [2.45, 2.75) is 25.2 Å². The molecule has 0 saturated carbocycles. The van der Waals surface area contributed by atoms with Crippen LogP contribution < -0.4 is 5.32 Å². The van der Waals surface area contributed by atoms with E-state index in [2.05, 4.69) is 27.3 Å². The predicted molar refractivity (Wildman–Crippen MR) is 54.3 cm³/mol. The summed E-state index contributed by atoms with van der Waals surface area (Å²) in [5.74, 6) is 0. The van der Waals surface area contributed by atoms with Crippen molar-refractivity contribution in [3.8, 4) is 12.1 Å². The predicted octanol–water partition coefficient (Wildman–Crippen LogP) is -0.313. The highest BCUT2D eigenvalue weighted by Crippen LogP contribution is 2.21. The van der Waals surface area contributed by atoms with Gasteiger partial charge in [0, 0.05) is 39.0 Å². The molecule has 0 aromatic carbocycles. The molecule has 4 atom stereocenters. The first kappa shape index (κ1) is 10.4. The topological polar surface area (TPSA) is 65.6 Å². The maximum Gasteiger partial charge on any atom is 0.0742 e. The van der Waals surface area contributed by atoms with Gasteiger partial charge < -0.3 is 0 Å². The molecule has 80 valence electrons. The average Bonchev–Trinajstić information content (AvgIpc) is 3.13. The highest BCUT2D eigenvalue weighted by Gasteiger charge is 2.41. The molecule has 2 rings (SSSR count). The smallest absolute Gasteiger partial charge is 0.0742 e. The Labute approximate surface area is 89.9 Å². The highest BCUT2D eigenvalue weighted by molar-refractivity contribution is 4.97. The average molecular weight is 205 g/mol. The summed E-state index contributed by atoms with van der Waals surface area (Å²) in [6.07, 6.45) is 2.16. The normalized spacial score (nSPS) is 36.7. The molecule has 2 unspecified atom stereocenters. The first-order chi connectivity index (χ1) is 7.35. The second kappa shape index (κ2) is 4.59. The molecule has 2 saturated heterocycles. The minimum atomic E-state index is 0.468. The van der Waals surface area contributed by atoms with Crippen molar-refractivity contribution in [3.05, 3.63) is 0 Å². The quantitative estimate of drug-likeness (QED) is 0.602. The van der Waals surface area contributed by atoms with Crippen LogP contribution in [0.3, 0.4) is 0 Å². The molecule has 5 nitrogen and oxygen atoms in total. The zero-order valence-electron chi connectivity index (χ0n) is 8.69. The van der Waals surface area contributed by atoms with Crippen LogP contribution >= 0.6 is 0 Å². The van der Waals surface area contributed by atoms with Gasteiger partial charge in [0.05, 0.1) is 24.5 Å². The third kappa shape index (κ3) is 2.90. The molecule has 0 amide bonds. The molecule has 2 fully saturated rings. The molecule has 0 aliphatic carbocycles. The molecule has 1 N–H and O–H groups in total. The Morgan fingerprint density at radius 1 is 1.00 bits per heavy atom. The lowest BCUT2D eigenvalue weighted by atomic mass is 10.5. The van der Waals surface area contributed by atoms with E-state index in [1.807, 2.05) is 0 Å². The van der Waals surface area contributed by atoms with E-state index in [1.54, 1.807) is 0 Å². The van der Waals surface area contributed by atoms with Gasteiger partial charge in [0.25, 0.3) is 0 Å². The van der Waals surface area contributed by atoms with Gasteiger partial charge >= 0.3 is 0 Å². The standard InChI is InChI=1S/C10H15N5/c11-3-1-5-14-7-9(14)13-10-8-15(10)6-2-4-12/h9-10,13H,1-2,5-8H2/t9-,10-,14?,15?/m1/s1. The Kier molecular flexibility index (Phi) is 3.17. The zero-order chi connectivity index (χ0) is 10.7. The molecule has 2 aliphatic heterocycles. The van der Waals surface area contributed by atoms with Crippen LogP contribution in [-0.2, 0) is 0 Å². The lowest BCUT2D eigenvalue weighted by Gasteiger charge is -2.03. The molecule has 5 heteroatoms. The zero-order valence-corrected chi connectivity index (χ0v) is 8.69. The van der Waals surface area contributed by atoms with Crippen molar-refractivity contribution >= 4 is 0 Å². The van der Waals surface area contributed by atoms with E-state index in [9.17, 15) is 0 Å². The fourth-order valence-electron chi connectivity index (χ4n) is 1.77. The van der Waals surface area contributed by atoms with Crippen LogP contribution in [0.25, 0.3) is 0 Å². The summed E-state index contributed by atoms with van der Waals surface area (Å²) in [5.41, 5.74) is 0. The largest absolute Gasteiger partial charge is 0.284 e. The second-order valence-electron chi connectivity index (χ2n) is 4.00. The van der Waals surface area contributed by atoms with Gasteiger partial charge in [-0.3, -0.25) is 15.1 Å². The molecule has 0 aromatic heterocycles. The molecule has 0 aromatic rings. The molecular formula is C10H15N5.